The van der Waals surface area contributed by atoms with Crippen molar-refractivity contribution in [3.63, 3.8) is 0 Å². The van der Waals surface area contributed by atoms with Gasteiger partial charge in [-0.15, -0.1) is 0 Å². The van der Waals surface area contributed by atoms with Gasteiger partial charge < -0.3 is 15.8 Å². The van der Waals surface area contributed by atoms with E-state index in [-0.39, 0.29) is 12.5 Å². The molecule has 0 unspecified atom stereocenters. The van der Waals surface area contributed by atoms with Crippen LogP contribution in [0.4, 0.5) is 0 Å². The highest BCUT2D eigenvalue weighted by Crippen LogP contribution is 2.02. The summed E-state index contributed by atoms with van der Waals surface area (Å²) in [4.78, 5) is 22.1. The number of hydrogen-bond acceptors (Lipinski definition) is 4. The molecule has 0 aliphatic rings. The van der Waals surface area contributed by atoms with Gasteiger partial charge in [0, 0.05) is 6.92 Å². The van der Waals surface area contributed by atoms with E-state index in [1.807, 2.05) is 30.3 Å². The molecule has 0 saturated heterocycles. The second kappa shape index (κ2) is 7.45. The highest BCUT2D eigenvalue weighted by Gasteiger charge is 2.15. The quantitative estimate of drug-likeness (QED) is 0.559. The van der Waals surface area contributed by atoms with Crippen molar-refractivity contribution >= 4 is 11.9 Å². The Morgan fingerprint density at radius 2 is 2.00 bits per heavy atom. The minimum atomic E-state index is -0.676. The number of rotatable bonds is 6. The predicted octanol–water partition coefficient (Wildman–Crippen LogP) is 0.236. The Labute approximate surface area is 106 Å². The SMILES string of the molecule is CC(=O)NCCOC(=O)[C@@H](N)Cc1ccccc1. The van der Waals surface area contributed by atoms with Crippen LogP contribution in [0.2, 0.25) is 0 Å². The summed E-state index contributed by atoms with van der Waals surface area (Å²) < 4.78 is 4.95. The third kappa shape index (κ3) is 5.45. The summed E-state index contributed by atoms with van der Waals surface area (Å²) in [7, 11) is 0. The molecule has 3 N–H and O–H groups in total. The average molecular weight is 250 g/mol. The van der Waals surface area contributed by atoms with Gasteiger partial charge in [-0.1, -0.05) is 30.3 Å². The maximum Gasteiger partial charge on any atom is 0.323 e. The van der Waals surface area contributed by atoms with Gasteiger partial charge in [0.2, 0.25) is 5.91 Å². The Bertz CT molecular complexity index is 392. The van der Waals surface area contributed by atoms with E-state index in [0.717, 1.165) is 5.56 Å². The maximum absolute atomic E-state index is 11.5. The Kier molecular flexibility index (Phi) is 5.87. The summed E-state index contributed by atoms with van der Waals surface area (Å²) >= 11 is 0. The first-order chi connectivity index (χ1) is 8.59. The predicted molar refractivity (Wildman–Crippen MR) is 67.8 cm³/mol. The van der Waals surface area contributed by atoms with Crippen molar-refractivity contribution < 1.29 is 14.3 Å². The molecule has 5 heteroatoms. The number of hydrogen-bond donors (Lipinski definition) is 2. The second-order valence-corrected chi connectivity index (χ2v) is 3.95. The molecular weight excluding hydrogens is 232 g/mol. The molecule has 1 aromatic carbocycles. The average Bonchev–Trinajstić information content (AvgIpc) is 2.35. The van der Waals surface area contributed by atoms with Gasteiger partial charge in [0.1, 0.15) is 12.6 Å². The van der Waals surface area contributed by atoms with Gasteiger partial charge in [0.15, 0.2) is 0 Å². The zero-order chi connectivity index (χ0) is 13.4. The summed E-state index contributed by atoms with van der Waals surface area (Å²) in [6.45, 7) is 1.85. The molecule has 0 radical (unpaired) electrons. The molecule has 0 aliphatic carbocycles. The van der Waals surface area contributed by atoms with Crippen molar-refractivity contribution in [2.75, 3.05) is 13.2 Å². The Morgan fingerprint density at radius 1 is 1.33 bits per heavy atom. The molecule has 0 aliphatic heterocycles. The second-order valence-electron chi connectivity index (χ2n) is 3.95. The van der Waals surface area contributed by atoms with Gasteiger partial charge in [0.25, 0.3) is 0 Å². The van der Waals surface area contributed by atoms with Crippen molar-refractivity contribution in [3.05, 3.63) is 35.9 Å². The minimum Gasteiger partial charge on any atom is -0.463 e. The van der Waals surface area contributed by atoms with Crippen LogP contribution in [0, 0.1) is 0 Å². The Hall–Kier alpha value is -1.88. The molecule has 0 fully saturated rings. The molecule has 1 atom stereocenters. The maximum atomic E-state index is 11.5. The number of nitrogens with one attached hydrogen (secondary N) is 1. The Balaban J connectivity index is 2.27. The zero-order valence-corrected chi connectivity index (χ0v) is 10.4. The van der Waals surface area contributed by atoms with Crippen LogP contribution in [0.5, 0.6) is 0 Å². The lowest BCUT2D eigenvalue weighted by molar-refractivity contribution is -0.145. The van der Waals surface area contributed by atoms with E-state index in [0.29, 0.717) is 13.0 Å². The molecule has 5 nitrogen and oxygen atoms in total. The summed E-state index contributed by atoms with van der Waals surface area (Å²) in [5.74, 6) is -0.608. The summed E-state index contributed by atoms with van der Waals surface area (Å²) in [5.41, 5.74) is 6.72. The first-order valence-corrected chi connectivity index (χ1v) is 5.80. The van der Waals surface area contributed by atoms with Crippen LogP contribution in [0.1, 0.15) is 12.5 Å². The summed E-state index contributed by atoms with van der Waals surface area (Å²) in [6.07, 6.45) is 0.444. The highest BCUT2D eigenvalue weighted by molar-refractivity contribution is 5.76. The standard InChI is InChI=1S/C13H18N2O3/c1-10(16)15-7-8-18-13(17)12(14)9-11-5-3-2-4-6-11/h2-6,12H,7-9,14H2,1H3,(H,15,16)/t12-/m0/s1. The van der Waals surface area contributed by atoms with E-state index >= 15 is 0 Å². The number of esters is 1. The molecule has 1 rings (SSSR count). The van der Waals surface area contributed by atoms with Gasteiger partial charge >= 0.3 is 5.97 Å². The van der Waals surface area contributed by atoms with Crippen LogP contribution in [0.15, 0.2) is 30.3 Å². The van der Waals surface area contributed by atoms with E-state index in [2.05, 4.69) is 5.32 Å². The van der Waals surface area contributed by atoms with Crippen LogP contribution < -0.4 is 11.1 Å². The largest absolute Gasteiger partial charge is 0.463 e. The topological polar surface area (TPSA) is 81.4 Å². The van der Waals surface area contributed by atoms with Crippen molar-refractivity contribution in [1.29, 1.82) is 0 Å². The molecule has 0 aromatic heterocycles. The van der Waals surface area contributed by atoms with E-state index in [1.54, 1.807) is 0 Å². The smallest absolute Gasteiger partial charge is 0.323 e. The molecule has 0 bridgehead atoms. The monoisotopic (exact) mass is 250 g/mol. The number of carbonyl (C=O) groups is 2. The number of benzene rings is 1. The molecule has 0 saturated carbocycles. The fraction of sp³-hybridized carbons (Fsp3) is 0.385. The molecule has 98 valence electrons. The van der Waals surface area contributed by atoms with E-state index in [4.69, 9.17) is 10.5 Å². The molecular formula is C13H18N2O3. The van der Waals surface area contributed by atoms with Crippen LogP contribution in [0.25, 0.3) is 0 Å². The van der Waals surface area contributed by atoms with Crippen LogP contribution in [-0.2, 0) is 20.7 Å². The molecule has 1 aromatic rings. The minimum absolute atomic E-state index is 0.140. The van der Waals surface area contributed by atoms with E-state index in [1.165, 1.54) is 6.92 Å². The van der Waals surface area contributed by atoms with Crippen molar-refractivity contribution in [3.8, 4) is 0 Å². The van der Waals surface area contributed by atoms with Gasteiger partial charge in [-0.05, 0) is 12.0 Å². The lowest BCUT2D eigenvalue weighted by Crippen LogP contribution is -2.36. The first kappa shape index (κ1) is 14.2. The van der Waals surface area contributed by atoms with Crippen molar-refractivity contribution in [2.24, 2.45) is 5.73 Å². The number of nitrogens with two attached hydrogens (primary N) is 1. The van der Waals surface area contributed by atoms with Crippen LogP contribution in [0.3, 0.4) is 0 Å². The van der Waals surface area contributed by atoms with Crippen molar-refractivity contribution in [1.82, 2.24) is 5.32 Å². The highest BCUT2D eigenvalue weighted by atomic mass is 16.5. The number of amides is 1. The normalized spacial score (nSPS) is 11.7. The van der Waals surface area contributed by atoms with Gasteiger partial charge in [-0.25, -0.2) is 0 Å². The van der Waals surface area contributed by atoms with Gasteiger partial charge in [0.05, 0.1) is 6.54 Å². The van der Waals surface area contributed by atoms with Gasteiger partial charge in [-0.2, -0.15) is 0 Å². The number of ether oxygens (including phenoxy) is 1. The molecule has 0 spiro atoms. The number of carbonyl (C=O) groups excluding carboxylic acids is 2. The van der Waals surface area contributed by atoms with E-state index < -0.39 is 12.0 Å². The summed E-state index contributed by atoms with van der Waals surface area (Å²) in [6, 6.07) is 8.83. The Morgan fingerprint density at radius 3 is 2.61 bits per heavy atom. The lowest BCUT2D eigenvalue weighted by Gasteiger charge is -2.11. The third-order valence-corrected chi connectivity index (χ3v) is 2.32. The zero-order valence-electron chi connectivity index (χ0n) is 10.4. The third-order valence-electron chi connectivity index (χ3n) is 2.32. The van der Waals surface area contributed by atoms with E-state index in [9.17, 15) is 9.59 Å². The van der Waals surface area contributed by atoms with Crippen molar-refractivity contribution in [2.45, 2.75) is 19.4 Å². The van der Waals surface area contributed by atoms with Crippen LogP contribution >= 0.6 is 0 Å². The molecule has 18 heavy (non-hydrogen) atoms. The lowest BCUT2D eigenvalue weighted by atomic mass is 10.1. The first-order valence-electron chi connectivity index (χ1n) is 5.80. The van der Waals surface area contributed by atoms with Gasteiger partial charge in [-0.3, -0.25) is 9.59 Å². The summed E-state index contributed by atoms with van der Waals surface area (Å²) in [5, 5.41) is 2.53. The molecule has 1 amide bonds. The fourth-order valence-electron chi connectivity index (χ4n) is 1.44. The molecule has 0 heterocycles. The van der Waals surface area contributed by atoms with Crippen LogP contribution in [-0.4, -0.2) is 31.1 Å². The fourth-order valence-corrected chi connectivity index (χ4v) is 1.44.